The van der Waals surface area contributed by atoms with Gasteiger partial charge in [-0.05, 0) is 25.7 Å². The highest BCUT2D eigenvalue weighted by atomic mass is 32.2. The molecule has 1 aliphatic heterocycles. The van der Waals surface area contributed by atoms with Crippen LogP contribution in [0.2, 0.25) is 0 Å². The van der Waals surface area contributed by atoms with Gasteiger partial charge in [-0.15, -0.1) is 0 Å². The molecule has 1 spiro atoms. The lowest BCUT2D eigenvalue weighted by Gasteiger charge is -2.42. The van der Waals surface area contributed by atoms with Crippen LogP contribution >= 0.6 is 0 Å². The number of piperidine rings is 1. The second-order valence-electron chi connectivity index (χ2n) is 5.50. The minimum absolute atomic E-state index is 0.179. The van der Waals surface area contributed by atoms with Gasteiger partial charge in [0.2, 0.25) is 0 Å². The van der Waals surface area contributed by atoms with E-state index in [0.717, 1.165) is 32.1 Å². The third-order valence-electron chi connectivity index (χ3n) is 4.22. The Kier molecular flexibility index (Phi) is 3.51. The Hall–Kier alpha value is -0.170. The lowest BCUT2D eigenvalue weighted by Crippen LogP contribution is -2.52. The molecule has 0 unspecified atom stereocenters. The molecule has 6 heteroatoms. The Labute approximate surface area is 104 Å². The van der Waals surface area contributed by atoms with Crippen LogP contribution in [-0.4, -0.2) is 55.4 Å². The van der Waals surface area contributed by atoms with Crippen LogP contribution in [-0.2, 0) is 10.2 Å². The van der Waals surface area contributed by atoms with Gasteiger partial charge in [-0.2, -0.15) is 17.0 Å². The van der Waals surface area contributed by atoms with E-state index in [1.807, 2.05) is 0 Å². The predicted octanol–water partition coefficient (Wildman–Crippen LogP) is 0.420. The average Bonchev–Trinajstić information content (AvgIpc) is 2.60. The minimum atomic E-state index is -3.33. The topological polar surface area (TPSA) is 60.9 Å². The molecular weight excluding hydrogens is 240 g/mol. The Morgan fingerprint density at radius 1 is 1.29 bits per heavy atom. The molecule has 2 fully saturated rings. The van der Waals surface area contributed by atoms with Crippen LogP contribution in [0.4, 0.5) is 0 Å². The molecule has 0 aromatic carbocycles. The molecule has 1 saturated heterocycles. The monoisotopic (exact) mass is 262 g/mol. The summed E-state index contributed by atoms with van der Waals surface area (Å²) in [5.41, 5.74) is -0.179. The average molecular weight is 262 g/mol. The predicted molar refractivity (Wildman–Crippen MR) is 65.7 cm³/mol. The summed E-state index contributed by atoms with van der Waals surface area (Å²) in [6, 6.07) is 0. The maximum atomic E-state index is 12.1. The van der Waals surface area contributed by atoms with Crippen molar-refractivity contribution in [1.29, 1.82) is 0 Å². The molecule has 2 rings (SSSR count). The van der Waals surface area contributed by atoms with Crippen LogP contribution in [0.15, 0.2) is 0 Å². The Morgan fingerprint density at radius 2 is 1.94 bits per heavy atom. The van der Waals surface area contributed by atoms with Crippen molar-refractivity contribution in [2.45, 2.75) is 38.2 Å². The quantitative estimate of drug-likeness (QED) is 0.784. The molecule has 2 atom stereocenters. The van der Waals surface area contributed by atoms with E-state index in [4.69, 9.17) is 0 Å². The Balaban J connectivity index is 2.18. The van der Waals surface area contributed by atoms with E-state index in [2.05, 4.69) is 0 Å². The largest absolute Gasteiger partial charge is 0.392 e. The fourth-order valence-electron chi connectivity index (χ4n) is 3.14. The smallest absolute Gasteiger partial charge is 0.281 e. The zero-order valence-electron chi connectivity index (χ0n) is 10.6. The SMILES string of the molecule is CN(C)S(=O)(=O)N1CCC[C@]2(CCC[C@H]2O)C1. The van der Waals surface area contributed by atoms with Crippen LogP contribution in [0.3, 0.4) is 0 Å². The molecule has 1 N–H and O–H groups in total. The van der Waals surface area contributed by atoms with Crippen molar-refractivity contribution in [2.75, 3.05) is 27.2 Å². The van der Waals surface area contributed by atoms with E-state index in [1.165, 1.54) is 8.61 Å². The van der Waals surface area contributed by atoms with Gasteiger partial charge in [0.05, 0.1) is 6.10 Å². The summed E-state index contributed by atoms with van der Waals surface area (Å²) >= 11 is 0. The highest BCUT2D eigenvalue weighted by molar-refractivity contribution is 7.86. The summed E-state index contributed by atoms with van der Waals surface area (Å²) in [5.74, 6) is 0. The molecule has 0 radical (unpaired) electrons. The van der Waals surface area contributed by atoms with Crippen molar-refractivity contribution in [1.82, 2.24) is 8.61 Å². The Bertz CT molecular complexity index is 382. The van der Waals surface area contributed by atoms with Gasteiger partial charge >= 0.3 is 0 Å². The molecule has 0 amide bonds. The summed E-state index contributed by atoms with van der Waals surface area (Å²) in [4.78, 5) is 0. The van der Waals surface area contributed by atoms with Gasteiger partial charge in [-0.25, -0.2) is 0 Å². The first-order valence-electron chi connectivity index (χ1n) is 6.24. The van der Waals surface area contributed by atoms with Crippen LogP contribution in [0.25, 0.3) is 0 Å². The van der Waals surface area contributed by atoms with Crippen molar-refractivity contribution in [3.63, 3.8) is 0 Å². The summed E-state index contributed by atoms with van der Waals surface area (Å²) in [6.45, 7) is 1.06. The van der Waals surface area contributed by atoms with E-state index >= 15 is 0 Å². The van der Waals surface area contributed by atoms with E-state index in [-0.39, 0.29) is 11.5 Å². The van der Waals surface area contributed by atoms with Crippen LogP contribution in [0.1, 0.15) is 32.1 Å². The molecule has 1 heterocycles. The first kappa shape index (κ1) is 13.3. The highest BCUT2D eigenvalue weighted by Gasteiger charge is 2.47. The van der Waals surface area contributed by atoms with E-state index in [9.17, 15) is 13.5 Å². The first-order chi connectivity index (χ1) is 7.88. The van der Waals surface area contributed by atoms with Gasteiger partial charge in [0.1, 0.15) is 0 Å². The van der Waals surface area contributed by atoms with Crippen molar-refractivity contribution >= 4 is 10.2 Å². The number of nitrogens with zero attached hydrogens (tertiary/aromatic N) is 2. The lowest BCUT2D eigenvalue weighted by atomic mass is 9.77. The molecule has 0 aromatic rings. The van der Waals surface area contributed by atoms with E-state index in [1.54, 1.807) is 14.1 Å². The van der Waals surface area contributed by atoms with Crippen LogP contribution in [0.5, 0.6) is 0 Å². The molecular formula is C11H22N2O3S. The summed E-state index contributed by atoms with van der Waals surface area (Å²) in [5, 5.41) is 10.1. The van der Waals surface area contributed by atoms with Crippen molar-refractivity contribution < 1.29 is 13.5 Å². The highest BCUT2D eigenvalue weighted by Crippen LogP contribution is 2.45. The number of rotatable bonds is 2. The van der Waals surface area contributed by atoms with Crippen molar-refractivity contribution in [2.24, 2.45) is 5.41 Å². The standard InChI is InChI=1S/C11H22N2O3S/c1-12(2)17(15,16)13-8-4-7-11(9-13)6-3-5-10(11)14/h10,14H,3-9H2,1-2H3/t10-,11-/m1/s1. The number of aliphatic hydroxyl groups excluding tert-OH is 1. The van der Waals surface area contributed by atoms with Crippen LogP contribution < -0.4 is 0 Å². The molecule has 1 saturated carbocycles. The third kappa shape index (κ3) is 2.23. The number of hydrogen-bond donors (Lipinski definition) is 1. The van der Waals surface area contributed by atoms with Gasteiger partial charge in [-0.3, -0.25) is 0 Å². The lowest BCUT2D eigenvalue weighted by molar-refractivity contribution is 0.0117. The van der Waals surface area contributed by atoms with Gasteiger partial charge in [0.25, 0.3) is 10.2 Å². The number of aliphatic hydroxyl groups is 1. The van der Waals surface area contributed by atoms with Crippen molar-refractivity contribution in [3.8, 4) is 0 Å². The zero-order chi connectivity index (χ0) is 12.7. The zero-order valence-corrected chi connectivity index (χ0v) is 11.4. The Morgan fingerprint density at radius 3 is 2.47 bits per heavy atom. The van der Waals surface area contributed by atoms with E-state index < -0.39 is 10.2 Å². The molecule has 0 bridgehead atoms. The maximum absolute atomic E-state index is 12.1. The number of hydrogen-bond acceptors (Lipinski definition) is 3. The van der Waals surface area contributed by atoms with Gasteiger partial charge in [0.15, 0.2) is 0 Å². The molecule has 100 valence electrons. The second kappa shape index (κ2) is 4.50. The minimum Gasteiger partial charge on any atom is -0.392 e. The van der Waals surface area contributed by atoms with Gasteiger partial charge in [0, 0.05) is 32.6 Å². The van der Waals surface area contributed by atoms with Gasteiger partial charge in [-0.1, -0.05) is 6.42 Å². The van der Waals surface area contributed by atoms with Crippen molar-refractivity contribution in [3.05, 3.63) is 0 Å². The second-order valence-corrected chi connectivity index (χ2v) is 7.64. The molecule has 0 aromatic heterocycles. The summed E-state index contributed by atoms with van der Waals surface area (Å²) in [6.07, 6.45) is 4.25. The fraction of sp³-hybridized carbons (Fsp3) is 1.00. The van der Waals surface area contributed by atoms with Crippen LogP contribution in [0, 0.1) is 5.41 Å². The molecule has 1 aliphatic carbocycles. The molecule has 17 heavy (non-hydrogen) atoms. The summed E-state index contributed by atoms with van der Waals surface area (Å²) in [7, 11) is -0.217. The fourth-order valence-corrected chi connectivity index (χ4v) is 4.38. The molecule has 2 aliphatic rings. The van der Waals surface area contributed by atoms with E-state index in [0.29, 0.717) is 13.1 Å². The molecule has 5 nitrogen and oxygen atoms in total. The van der Waals surface area contributed by atoms with Gasteiger partial charge < -0.3 is 5.11 Å². The first-order valence-corrected chi connectivity index (χ1v) is 7.64. The summed E-state index contributed by atoms with van der Waals surface area (Å²) < 4.78 is 27.0. The maximum Gasteiger partial charge on any atom is 0.281 e. The normalized spacial score (nSPS) is 35.9. The third-order valence-corrected chi connectivity index (χ3v) is 6.11.